The third-order valence-corrected chi connectivity index (χ3v) is 4.21. The molecule has 1 N–H and O–H groups in total. The smallest absolute Gasteiger partial charge is 0.424 e. The molecule has 0 aliphatic carbocycles. The summed E-state index contributed by atoms with van der Waals surface area (Å²) in [6, 6.07) is 4.93. The number of nitrogens with one attached hydrogen (secondary N) is 1. The number of amides is 2. The van der Waals surface area contributed by atoms with E-state index in [1.54, 1.807) is 0 Å². The molecule has 0 radical (unpaired) electrons. The summed E-state index contributed by atoms with van der Waals surface area (Å²) in [6.07, 6.45) is -2.52. The van der Waals surface area contributed by atoms with E-state index in [2.05, 4.69) is 5.32 Å². The van der Waals surface area contributed by atoms with Crippen molar-refractivity contribution in [3.05, 3.63) is 57.1 Å². The minimum Gasteiger partial charge on any atom is -0.443 e. The van der Waals surface area contributed by atoms with Crippen LogP contribution in [0.15, 0.2) is 30.3 Å². The van der Waals surface area contributed by atoms with Gasteiger partial charge in [-0.1, -0.05) is 11.6 Å². The topological polar surface area (TPSA) is 111 Å². The van der Waals surface area contributed by atoms with Gasteiger partial charge in [0.1, 0.15) is 22.7 Å². The first kappa shape index (κ1) is 26.8. The Kier molecular flexibility index (Phi) is 7.72. The van der Waals surface area contributed by atoms with Crippen LogP contribution in [0.4, 0.5) is 41.1 Å². The number of benzene rings is 2. The lowest BCUT2D eigenvalue weighted by atomic mass is 10.2. The number of hydrogen-bond acceptors (Lipinski definition) is 7. The van der Waals surface area contributed by atoms with Crippen LogP contribution in [0.1, 0.15) is 41.5 Å². The van der Waals surface area contributed by atoms with Gasteiger partial charge in [-0.15, -0.1) is 0 Å². The predicted octanol–water partition coefficient (Wildman–Crippen LogP) is 6.95. The van der Waals surface area contributed by atoms with E-state index in [0.717, 1.165) is 24.3 Å². The molecule has 0 fully saturated rings. The molecule has 0 heterocycles. The fourth-order valence-corrected chi connectivity index (χ4v) is 2.74. The van der Waals surface area contributed by atoms with Crippen LogP contribution in [0.25, 0.3) is 0 Å². The molecule has 9 nitrogen and oxygen atoms in total. The molecule has 2 aromatic carbocycles. The second-order valence-electron chi connectivity index (χ2n) is 9.10. The van der Waals surface area contributed by atoms with Crippen molar-refractivity contribution in [1.82, 2.24) is 0 Å². The van der Waals surface area contributed by atoms with E-state index >= 15 is 4.39 Å². The minimum atomic E-state index is -1.36. The van der Waals surface area contributed by atoms with E-state index in [4.69, 9.17) is 21.1 Å². The van der Waals surface area contributed by atoms with Crippen LogP contribution < -0.4 is 10.2 Å². The number of hydrogen-bond donors (Lipinski definition) is 1. The van der Waals surface area contributed by atoms with Crippen molar-refractivity contribution in [1.29, 1.82) is 0 Å². The summed E-state index contributed by atoms with van der Waals surface area (Å²) < 4.78 is 40.5. The molecule has 2 amide bonds. The summed E-state index contributed by atoms with van der Waals surface area (Å²) in [6.45, 7) is 9.23. The maximum absolute atomic E-state index is 15.5. The Balaban J connectivity index is 2.60. The molecule has 0 spiro atoms. The molecule has 2 rings (SSSR count). The normalized spacial score (nSPS) is 11.6. The zero-order chi connectivity index (χ0) is 26.0. The Hall–Kier alpha value is -3.47. The molecule has 0 bridgehead atoms. The SMILES string of the molecule is CC(C)(C)OC(=O)N(C(=O)OC(C)(C)C)c1ccc(F)c(Nc2cc([N+](=O)[O-])ccc2Cl)c1F. The van der Waals surface area contributed by atoms with Crippen LogP contribution in [0.5, 0.6) is 0 Å². The Morgan fingerprint density at radius 3 is 2.00 bits per heavy atom. The van der Waals surface area contributed by atoms with Gasteiger partial charge in [0.15, 0.2) is 5.82 Å². The number of non-ortho nitro benzene ring substituents is 1. The highest BCUT2D eigenvalue weighted by molar-refractivity contribution is 6.33. The highest BCUT2D eigenvalue weighted by atomic mass is 35.5. The lowest BCUT2D eigenvalue weighted by Crippen LogP contribution is -2.44. The zero-order valence-electron chi connectivity index (χ0n) is 19.4. The van der Waals surface area contributed by atoms with Crippen molar-refractivity contribution in [3.63, 3.8) is 0 Å². The van der Waals surface area contributed by atoms with Crippen LogP contribution in [0.3, 0.4) is 0 Å². The number of ether oxygens (including phenoxy) is 2. The summed E-state index contributed by atoms with van der Waals surface area (Å²) in [4.78, 5) is 36.2. The summed E-state index contributed by atoms with van der Waals surface area (Å²) in [5, 5.41) is 13.3. The second-order valence-corrected chi connectivity index (χ2v) is 9.51. The van der Waals surface area contributed by atoms with Gasteiger partial charge in [-0.2, -0.15) is 4.90 Å². The van der Waals surface area contributed by atoms with Gasteiger partial charge in [0.25, 0.3) is 5.69 Å². The van der Waals surface area contributed by atoms with Gasteiger partial charge in [0.05, 0.1) is 21.3 Å². The Bertz CT molecular complexity index is 1100. The van der Waals surface area contributed by atoms with Gasteiger partial charge >= 0.3 is 12.2 Å². The molecule has 0 aliphatic heterocycles. The first-order chi connectivity index (χ1) is 15.5. The lowest BCUT2D eigenvalue weighted by molar-refractivity contribution is -0.384. The van der Waals surface area contributed by atoms with E-state index < -0.39 is 51.3 Å². The Labute approximate surface area is 199 Å². The molecule has 0 saturated carbocycles. The van der Waals surface area contributed by atoms with Crippen LogP contribution in [0, 0.1) is 21.7 Å². The minimum absolute atomic E-state index is 0.0639. The predicted molar refractivity (Wildman–Crippen MR) is 123 cm³/mol. The molecule has 34 heavy (non-hydrogen) atoms. The van der Waals surface area contributed by atoms with Crippen LogP contribution in [0.2, 0.25) is 5.02 Å². The van der Waals surface area contributed by atoms with Gasteiger partial charge in [-0.25, -0.2) is 18.4 Å². The third kappa shape index (κ3) is 6.77. The standard InChI is InChI=1S/C22H24ClF2N3O6/c1-21(2,3)33-19(29)27(20(30)34-22(4,5)6)16-10-9-14(24)18(17(16)25)26-15-11-12(28(31)32)7-8-13(15)23/h7-11,26H,1-6H3. The van der Waals surface area contributed by atoms with Crippen LogP contribution >= 0.6 is 11.6 Å². The largest absolute Gasteiger partial charge is 0.443 e. The van der Waals surface area contributed by atoms with E-state index in [0.29, 0.717) is 4.90 Å². The second kappa shape index (κ2) is 9.80. The lowest BCUT2D eigenvalue weighted by Gasteiger charge is -2.29. The molecule has 0 aliphatic rings. The van der Waals surface area contributed by atoms with Gasteiger partial charge in [0, 0.05) is 12.1 Å². The van der Waals surface area contributed by atoms with Crippen LogP contribution in [-0.2, 0) is 9.47 Å². The van der Waals surface area contributed by atoms with E-state index in [9.17, 15) is 24.1 Å². The molecule has 2 aromatic rings. The molecule has 0 unspecified atom stereocenters. The molecule has 184 valence electrons. The fraction of sp³-hybridized carbons (Fsp3) is 0.364. The highest BCUT2D eigenvalue weighted by Gasteiger charge is 2.35. The number of anilines is 3. The molecule has 0 atom stereocenters. The average molecular weight is 500 g/mol. The number of carbonyl (C=O) groups excluding carboxylic acids is 2. The Morgan fingerprint density at radius 1 is 1.00 bits per heavy atom. The van der Waals surface area contributed by atoms with Gasteiger partial charge < -0.3 is 14.8 Å². The Morgan fingerprint density at radius 2 is 1.53 bits per heavy atom. The molecule has 0 saturated heterocycles. The first-order valence-corrected chi connectivity index (χ1v) is 10.3. The highest BCUT2D eigenvalue weighted by Crippen LogP contribution is 2.35. The molecular weight excluding hydrogens is 476 g/mol. The summed E-state index contributed by atoms with van der Waals surface area (Å²) >= 11 is 6.02. The van der Waals surface area contributed by atoms with E-state index in [1.165, 1.54) is 47.6 Å². The average Bonchev–Trinajstić information content (AvgIpc) is 2.65. The van der Waals surface area contributed by atoms with Crippen molar-refractivity contribution >= 4 is 46.5 Å². The number of imide groups is 1. The number of nitro groups is 1. The van der Waals surface area contributed by atoms with Gasteiger partial charge in [0.2, 0.25) is 0 Å². The van der Waals surface area contributed by atoms with Crippen molar-refractivity contribution in [2.24, 2.45) is 0 Å². The molecule has 12 heteroatoms. The van der Waals surface area contributed by atoms with Crippen molar-refractivity contribution in [2.45, 2.75) is 52.7 Å². The van der Waals surface area contributed by atoms with Gasteiger partial charge in [-0.05, 0) is 59.7 Å². The monoisotopic (exact) mass is 499 g/mol. The zero-order valence-corrected chi connectivity index (χ0v) is 20.1. The maximum atomic E-state index is 15.5. The number of nitro benzene ring substituents is 1. The first-order valence-electron chi connectivity index (χ1n) is 9.95. The van der Waals surface area contributed by atoms with Crippen molar-refractivity contribution < 1.29 is 32.8 Å². The van der Waals surface area contributed by atoms with Gasteiger partial charge in [-0.3, -0.25) is 10.1 Å². The van der Waals surface area contributed by atoms with Crippen LogP contribution in [-0.4, -0.2) is 28.3 Å². The third-order valence-electron chi connectivity index (χ3n) is 3.88. The van der Waals surface area contributed by atoms with E-state index in [1.807, 2.05) is 0 Å². The number of rotatable bonds is 4. The van der Waals surface area contributed by atoms with E-state index in [-0.39, 0.29) is 16.4 Å². The fourth-order valence-electron chi connectivity index (χ4n) is 2.57. The van der Waals surface area contributed by atoms with Crippen molar-refractivity contribution in [3.8, 4) is 0 Å². The quantitative estimate of drug-likeness (QED) is 0.358. The molecular formula is C22H24ClF2N3O6. The number of halogens is 3. The number of nitrogens with zero attached hydrogens (tertiary/aromatic N) is 2. The maximum Gasteiger partial charge on any atom is 0.424 e. The van der Waals surface area contributed by atoms with Crippen molar-refractivity contribution in [2.75, 3.05) is 10.2 Å². The summed E-state index contributed by atoms with van der Waals surface area (Å²) in [5.41, 5.74) is -4.14. The summed E-state index contributed by atoms with van der Waals surface area (Å²) in [7, 11) is 0. The summed E-state index contributed by atoms with van der Waals surface area (Å²) in [5.74, 6) is -2.48. The number of carbonyl (C=O) groups is 2. The molecule has 0 aromatic heterocycles.